The van der Waals surface area contributed by atoms with Crippen molar-refractivity contribution in [3.63, 3.8) is 0 Å². The molecule has 5 heteroatoms. The molecule has 1 unspecified atom stereocenters. The molecule has 2 rings (SSSR count). The van der Waals surface area contributed by atoms with E-state index in [-0.39, 0.29) is 25.0 Å². The first-order chi connectivity index (χ1) is 6.56. The minimum Gasteiger partial charge on any atom is -0.394 e. The van der Waals surface area contributed by atoms with E-state index in [4.69, 9.17) is 9.84 Å². The number of hydrogen-bond donors (Lipinski definition) is 1. The van der Waals surface area contributed by atoms with Gasteiger partial charge in [-0.05, 0) is 13.8 Å². The average Bonchev–Trinajstić information content (AvgIpc) is 2.56. The van der Waals surface area contributed by atoms with Gasteiger partial charge in [0.25, 0.3) is 5.91 Å². The van der Waals surface area contributed by atoms with E-state index in [1.165, 1.54) is 5.01 Å². The van der Waals surface area contributed by atoms with E-state index in [9.17, 15) is 4.79 Å². The van der Waals surface area contributed by atoms with E-state index in [0.29, 0.717) is 6.61 Å². The lowest BCUT2D eigenvalue weighted by Crippen LogP contribution is -2.30. The molecule has 1 amide bonds. The van der Waals surface area contributed by atoms with E-state index in [1.54, 1.807) is 0 Å². The molecule has 78 valence electrons. The molecule has 0 aliphatic carbocycles. The van der Waals surface area contributed by atoms with Crippen molar-refractivity contribution in [1.82, 2.24) is 5.01 Å². The minimum atomic E-state index is -0.440. The summed E-state index contributed by atoms with van der Waals surface area (Å²) in [6.45, 7) is 4.43. The minimum absolute atomic E-state index is 0.0559. The van der Waals surface area contributed by atoms with E-state index in [1.807, 2.05) is 13.8 Å². The lowest BCUT2D eigenvalue weighted by Gasteiger charge is -2.17. The van der Waals surface area contributed by atoms with Gasteiger partial charge in [-0.25, -0.2) is 5.01 Å². The van der Waals surface area contributed by atoms with Gasteiger partial charge in [-0.2, -0.15) is 5.10 Å². The average molecular weight is 198 g/mol. The Hall–Kier alpha value is -0.940. The molecule has 0 radical (unpaired) electrons. The first kappa shape index (κ1) is 9.61. The Morgan fingerprint density at radius 1 is 1.71 bits per heavy atom. The standard InChI is InChI=1S/C9H14N2O3/c1-9(2)7-6(5-14-9)8(13)11(10-7)3-4-12/h6,12H,3-5H2,1-2H3. The van der Waals surface area contributed by atoms with E-state index in [0.717, 1.165) is 5.71 Å². The van der Waals surface area contributed by atoms with Crippen molar-refractivity contribution < 1.29 is 14.6 Å². The third kappa shape index (κ3) is 1.24. The maximum Gasteiger partial charge on any atom is 0.254 e. The summed E-state index contributed by atoms with van der Waals surface area (Å²) in [5, 5.41) is 14.3. The lowest BCUT2D eigenvalue weighted by atomic mass is 9.95. The predicted molar refractivity (Wildman–Crippen MR) is 49.8 cm³/mol. The van der Waals surface area contributed by atoms with Crippen molar-refractivity contribution in [2.75, 3.05) is 19.8 Å². The quantitative estimate of drug-likeness (QED) is 0.656. The second kappa shape index (κ2) is 3.03. The molecule has 0 saturated carbocycles. The monoisotopic (exact) mass is 198 g/mol. The highest BCUT2D eigenvalue weighted by Gasteiger charge is 2.49. The van der Waals surface area contributed by atoms with Crippen LogP contribution in [0.5, 0.6) is 0 Å². The second-order valence-corrected chi connectivity index (χ2v) is 4.04. The van der Waals surface area contributed by atoms with Crippen LogP contribution in [0.2, 0.25) is 0 Å². The fourth-order valence-electron chi connectivity index (χ4n) is 1.86. The molecule has 0 aromatic heterocycles. The van der Waals surface area contributed by atoms with Gasteiger partial charge in [-0.3, -0.25) is 4.79 Å². The highest BCUT2D eigenvalue weighted by atomic mass is 16.5. The maximum atomic E-state index is 11.7. The van der Waals surface area contributed by atoms with Crippen LogP contribution in [0.15, 0.2) is 5.10 Å². The highest BCUT2D eigenvalue weighted by molar-refractivity contribution is 6.12. The van der Waals surface area contributed by atoms with Gasteiger partial charge < -0.3 is 9.84 Å². The number of aliphatic hydroxyl groups excluding tert-OH is 1. The molecule has 1 atom stereocenters. The smallest absolute Gasteiger partial charge is 0.254 e. The van der Waals surface area contributed by atoms with Crippen LogP contribution < -0.4 is 0 Å². The fourth-order valence-corrected chi connectivity index (χ4v) is 1.86. The van der Waals surface area contributed by atoms with Gasteiger partial charge in [0.05, 0.1) is 25.5 Å². The Balaban J connectivity index is 2.23. The predicted octanol–water partition coefficient (Wildman–Crippen LogP) is -0.398. The molecule has 0 spiro atoms. The van der Waals surface area contributed by atoms with E-state index >= 15 is 0 Å². The SMILES string of the molecule is CC1(C)OCC2C(=O)N(CCO)N=C21. The fraction of sp³-hybridized carbons (Fsp3) is 0.778. The zero-order chi connectivity index (χ0) is 10.3. The van der Waals surface area contributed by atoms with Crippen molar-refractivity contribution >= 4 is 11.6 Å². The number of hydrogen-bond acceptors (Lipinski definition) is 4. The van der Waals surface area contributed by atoms with Crippen LogP contribution in [0.3, 0.4) is 0 Å². The molecule has 14 heavy (non-hydrogen) atoms. The van der Waals surface area contributed by atoms with E-state index in [2.05, 4.69) is 5.10 Å². The summed E-state index contributed by atoms with van der Waals surface area (Å²) in [5.74, 6) is -0.281. The molecule has 2 aliphatic heterocycles. The summed E-state index contributed by atoms with van der Waals surface area (Å²) in [5.41, 5.74) is 0.348. The zero-order valence-electron chi connectivity index (χ0n) is 8.36. The molecule has 5 nitrogen and oxygen atoms in total. The molecule has 2 aliphatic rings. The maximum absolute atomic E-state index is 11.7. The van der Waals surface area contributed by atoms with Crippen molar-refractivity contribution in [2.45, 2.75) is 19.4 Å². The lowest BCUT2D eigenvalue weighted by molar-refractivity contribution is -0.133. The number of carbonyl (C=O) groups is 1. The van der Waals surface area contributed by atoms with Gasteiger partial charge in [0.2, 0.25) is 0 Å². The first-order valence-corrected chi connectivity index (χ1v) is 4.71. The normalized spacial score (nSPS) is 29.4. The number of amides is 1. The summed E-state index contributed by atoms with van der Waals surface area (Å²) in [6, 6.07) is 0. The highest BCUT2D eigenvalue weighted by Crippen LogP contribution is 2.32. The summed E-state index contributed by atoms with van der Waals surface area (Å²) >= 11 is 0. The van der Waals surface area contributed by atoms with Gasteiger partial charge in [0.15, 0.2) is 0 Å². The Kier molecular flexibility index (Phi) is 2.08. The van der Waals surface area contributed by atoms with Crippen LogP contribution in [0.1, 0.15) is 13.8 Å². The summed E-state index contributed by atoms with van der Waals surface area (Å²) < 4.78 is 5.46. The molecule has 2 heterocycles. The summed E-state index contributed by atoms with van der Waals surface area (Å²) in [7, 11) is 0. The number of aliphatic hydroxyl groups is 1. The largest absolute Gasteiger partial charge is 0.394 e. The number of ether oxygens (including phenoxy) is 1. The summed E-state index contributed by atoms with van der Waals surface area (Å²) in [6.07, 6.45) is 0. The summed E-state index contributed by atoms with van der Waals surface area (Å²) in [4.78, 5) is 11.7. The number of β-amino-alcohol motifs (C(OH)–C–C–N with tert-alkyl or cyclic N) is 1. The molecular formula is C9H14N2O3. The molecule has 1 fully saturated rings. The van der Waals surface area contributed by atoms with Crippen LogP contribution >= 0.6 is 0 Å². The number of carbonyl (C=O) groups excluding carboxylic acids is 1. The second-order valence-electron chi connectivity index (χ2n) is 4.04. The Morgan fingerprint density at radius 2 is 2.43 bits per heavy atom. The molecule has 1 saturated heterocycles. The topological polar surface area (TPSA) is 62.1 Å². The third-order valence-electron chi connectivity index (χ3n) is 2.65. The zero-order valence-corrected chi connectivity index (χ0v) is 8.36. The van der Waals surface area contributed by atoms with Crippen LogP contribution in [-0.2, 0) is 9.53 Å². The van der Waals surface area contributed by atoms with Crippen LogP contribution in [0.4, 0.5) is 0 Å². The van der Waals surface area contributed by atoms with Crippen molar-refractivity contribution in [2.24, 2.45) is 11.0 Å². The Bertz CT molecular complexity index is 298. The molecule has 0 aromatic carbocycles. The number of nitrogens with zero attached hydrogens (tertiary/aromatic N) is 2. The number of hydrazone groups is 1. The van der Waals surface area contributed by atoms with Gasteiger partial charge in [0, 0.05) is 0 Å². The first-order valence-electron chi connectivity index (χ1n) is 4.71. The van der Waals surface area contributed by atoms with Crippen molar-refractivity contribution in [3.05, 3.63) is 0 Å². The van der Waals surface area contributed by atoms with Gasteiger partial charge >= 0.3 is 0 Å². The van der Waals surface area contributed by atoms with E-state index < -0.39 is 5.60 Å². The van der Waals surface area contributed by atoms with Gasteiger partial charge in [-0.15, -0.1) is 0 Å². The van der Waals surface area contributed by atoms with Crippen molar-refractivity contribution in [1.29, 1.82) is 0 Å². The van der Waals surface area contributed by atoms with Crippen LogP contribution in [0, 0.1) is 5.92 Å². The van der Waals surface area contributed by atoms with Gasteiger partial charge in [0.1, 0.15) is 11.5 Å². The van der Waals surface area contributed by atoms with Gasteiger partial charge in [-0.1, -0.05) is 0 Å². The number of rotatable bonds is 2. The molecular weight excluding hydrogens is 184 g/mol. The Labute approximate surface area is 82.3 Å². The number of fused-ring (bicyclic) bond motifs is 1. The molecule has 0 aromatic rings. The molecule has 1 N–H and O–H groups in total. The third-order valence-corrected chi connectivity index (χ3v) is 2.65. The Morgan fingerprint density at radius 3 is 3.00 bits per heavy atom. The van der Waals surface area contributed by atoms with Crippen LogP contribution in [0.25, 0.3) is 0 Å². The van der Waals surface area contributed by atoms with Crippen LogP contribution in [-0.4, -0.2) is 47.1 Å². The van der Waals surface area contributed by atoms with Crippen molar-refractivity contribution in [3.8, 4) is 0 Å². The molecule has 0 bridgehead atoms.